The highest BCUT2D eigenvalue weighted by atomic mass is 15.0. The van der Waals surface area contributed by atoms with Crippen molar-refractivity contribution in [3.8, 4) is 6.07 Å². The molecule has 104 valence electrons. The molecule has 5 nitrogen and oxygen atoms in total. The van der Waals surface area contributed by atoms with Gasteiger partial charge in [-0.15, -0.1) is 0 Å². The second-order valence-electron chi connectivity index (χ2n) is 4.95. The third-order valence-electron chi connectivity index (χ3n) is 3.39. The second-order valence-corrected chi connectivity index (χ2v) is 4.95. The Morgan fingerprint density at radius 1 is 1.24 bits per heavy atom. The SMILES string of the molecule is Cn1cnc2c(N)cc(Nc3ccc(CC#N)cc3)cc21. The zero-order valence-electron chi connectivity index (χ0n) is 11.7. The molecule has 3 N–H and O–H groups in total. The molecule has 5 heteroatoms. The molecule has 0 unspecified atom stereocenters. The molecular formula is C16H15N5. The number of fused-ring (bicyclic) bond motifs is 1. The maximum absolute atomic E-state index is 8.67. The van der Waals surface area contributed by atoms with E-state index in [4.69, 9.17) is 11.0 Å². The third kappa shape index (κ3) is 2.51. The Morgan fingerprint density at radius 3 is 2.71 bits per heavy atom. The van der Waals surface area contributed by atoms with Crippen molar-refractivity contribution < 1.29 is 0 Å². The number of nitriles is 1. The molecule has 0 atom stereocenters. The molecule has 3 rings (SSSR count). The Bertz CT molecular complexity index is 824. The standard InChI is InChI=1S/C16H15N5/c1-21-10-19-16-14(18)8-13(9-15(16)21)20-12-4-2-11(3-5-12)6-7-17/h2-5,8-10,20H,6,18H2,1H3. The molecule has 0 spiro atoms. The quantitative estimate of drug-likeness (QED) is 0.721. The summed E-state index contributed by atoms with van der Waals surface area (Å²) >= 11 is 0. The van der Waals surface area contributed by atoms with Crippen molar-refractivity contribution in [1.29, 1.82) is 5.26 Å². The molecule has 0 aliphatic rings. The van der Waals surface area contributed by atoms with E-state index in [-0.39, 0.29) is 0 Å². The van der Waals surface area contributed by atoms with Crippen LogP contribution in [-0.4, -0.2) is 9.55 Å². The number of nitrogen functional groups attached to an aromatic ring is 1. The maximum atomic E-state index is 8.67. The molecule has 0 aliphatic heterocycles. The van der Waals surface area contributed by atoms with Gasteiger partial charge in [0, 0.05) is 18.4 Å². The van der Waals surface area contributed by atoms with Crippen LogP contribution in [0, 0.1) is 11.3 Å². The topological polar surface area (TPSA) is 79.7 Å². The molecule has 2 aromatic carbocycles. The Labute approximate surface area is 122 Å². The van der Waals surface area contributed by atoms with Crippen molar-refractivity contribution in [2.45, 2.75) is 6.42 Å². The average Bonchev–Trinajstić information content (AvgIpc) is 2.84. The molecule has 0 fully saturated rings. The predicted octanol–water partition coefficient (Wildman–Crippen LogP) is 2.97. The van der Waals surface area contributed by atoms with Gasteiger partial charge in [0.2, 0.25) is 0 Å². The van der Waals surface area contributed by atoms with Crippen molar-refractivity contribution in [2.24, 2.45) is 7.05 Å². The van der Waals surface area contributed by atoms with Crippen LogP contribution in [0.2, 0.25) is 0 Å². The van der Waals surface area contributed by atoms with Crippen LogP contribution in [0.1, 0.15) is 5.56 Å². The number of hydrogen-bond donors (Lipinski definition) is 2. The van der Waals surface area contributed by atoms with Crippen LogP contribution in [0.3, 0.4) is 0 Å². The highest BCUT2D eigenvalue weighted by Crippen LogP contribution is 2.26. The molecule has 0 saturated heterocycles. The van der Waals surface area contributed by atoms with E-state index in [9.17, 15) is 0 Å². The van der Waals surface area contributed by atoms with E-state index < -0.39 is 0 Å². The lowest BCUT2D eigenvalue weighted by atomic mass is 10.1. The number of nitrogens with zero attached hydrogens (tertiary/aromatic N) is 3. The van der Waals surface area contributed by atoms with Crippen LogP contribution in [0.15, 0.2) is 42.7 Å². The summed E-state index contributed by atoms with van der Waals surface area (Å²) in [6, 6.07) is 13.8. The second kappa shape index (κ2) is 5.17. The van der Waals surface area contributed by atoms with Gasteiger partial charge in [0.05, 0.1) is 30.0 Å². The molecular weight excluding hydrogens is 262 g/mol. The average molecular weight is 277 g/mol. The number of aryl methyl sites for hydroxylation is 1. The van der Waals surface area contributed by atoms with Crippen LogP contribution in [0.25, 0.3) is 11.0 Å². The fraction of sp³-hybridized carbons (Fsp3) is 0.125. The summed E-state index contributed by atoms with van der Waals surface area (Å²) in [5, 5.41) is 12.0. The summed E-state index contributed by atoms with van der Waals surface area (Å²) in [5.41, 5.74) is 11.4. The molecule has 0 radical (unpaired) electrons. The summed E-state index contributed by atoms with van der Waals surface area (Å²) in [7, 11) is 1.94. The van der Waals surface area contributed by atoms with Gasteiger partial charge < -0.3 is 15.6 Å². The first kappa shape index (κ1) is 13.0. The monoisotopic (exact) mass is 277 g/mol. The Balaban J connectivity index is 1.90. The van der Waals surface area contributed by atoms with E-state index in [1.807, 2.05) is 48.0 Å². The smallest absolute Gasteiger partial charge is 0.111 e. The normalized spacial score (nSPS) is 10.5. The van der Waals surface area contributed by atoms with Crippen molar-refractivity contribution in [3.63, 3.8) is 0 Å². The molecule has 0 amide bonds. The first-order valence-electron chi connectivity index (χ1n) is 6.61. The Hall–Kier alpha value is -3.00. The van der Waals surface area contributed by atoms with E-state index in [0.29, 0.717) is 12.1 Å². The lowest BCUT2D eigenvalue weighted by Crippen LogP contribution is -1.95. The number of aromatic nitrogens is 2. The van der Waals surface area contributed by atoms with Crippen molar-refractivity contribution in [1.82, 2.24) is 9.55 Å². The Kier molecular flexibility index (Phi) is 3.20. The van der Waals surface area contributed by atoms with E-state index in [2.05, 4.69) is 16.4 Å². The highest BCUT2D eigenvalue weighted by molar-refractivity contribution is 5.91. The highest BCUT2D eigenvalue weighted by Gasteiger charge is 2.06. The van der Waals surface area contributed by atoms with Crippen LogP contribution in [-0.2, 0) is 13.5 Å². The number of nitrogens with two attached hydrogens (primary N) is 1. The summed E-state index contributed by atoms with van der Waals surface area (Å²) in [6.07, 6.45) is 2.18. The van der Waals surface area contributed by atoms with Gasteiger partial charge in [-0.3, -0.25) is 0 Å². The third-order valence-corrected chi connectivity index (χ3v) is 3.39. The van der Waals surface area contributed by atoms with E-state index in [0.717, 1.165) is 28.0 Å². The van der Waals surface area contributed by atoms with Gasteiger partial charge in [-0.25, -0.2) is 4.98 Å². The van der Waals surface area contributed by atoms with Gasteiger partial charge in [0.25, 0.3) is 0 Å². The molecule has 0 saturated carbocycles. The lowest BCUT2D eigenvalue weighted by Gasteiger charge is -2.09. The van der Waals surface area contributed by atoms with E-state index in [1.54, 1.807) is 6.33 Å². The fourth-order valence-electron chi connectivity index (χ4n) is 2.29. The number of anilines is 3. The van der Waals surface area contributed by atoms with Crippen LogP contribution < -0.4 is 11.1 Å². The van der Waals surface area contributed by atoms with Gasteiger partial charge in [-0.2, -0.15) is 5.26 Å². The van der Waals surface area contributed by atoms with Gasteiger partial charge in [0.1, 0.15) is 5.52 Å². The zero-order chi connectivity index (χ0) is 14.8. The number of imidazole rings is 1. The molecule has 0 aliphatic carbocycles. The molecule has 1 heterocycles. The summed E-state index contributed by atoms with van der Waals surface area (Å²) < 4.78 is 1.94. The minimum atomic E-state index is 0.425. The number of hydrogen-bond acceptors (Lipinski definition) is 4. The van der Waals surface area contributed by atoms with E-state index >= 15 is 0 Å². The molecule has 1 aromatic heterocycles. The maximum Gasteiger partial charge on any atom is 0.111 e. The molecule has 0 bridgehead atoms. The fourth-order valence-corrected chi connectivity index (χ4v) is 2.29. The minimum absolute atomic E-state index is 0.425. The van der Waals surface area contributed by atoms with Crippen LogP contribution >= 0.6 is 0 Å². The first-order valence-corrected chi connectivity index (χ1v) is 6.61. The van der Waals surface area contributed by atoms with Crippen molar-refractivity contribution in [3.05, 3.63) is 48.3 Å². The predicted molar refractivity (Wildman–Crippen MR) is 84.2 cm³/mol. The number of rotatable bonds is 3. The van der Waals surface area contributed by atoms with Gasteiger partial charge in [-0.05, 0) is 29.8 Å². The largest absolute Gasteiger partial charge is 0.397 e. The van der Waals surface area contributed by atoms with Gasteiger partial charge >= 0.3 is 0 Å². The molecule has 21 heavy (non-hydrogen) atoms. The van der Waals surface area contributed by atoms with Gasteiger partial charge in [0.15, 0.2) is 0 Å². The molecule has 3 aromatic rings. The minimum Gasteiger partial charge on any atom is -0.397 e. The van der Waals surface area contributed by atoms with Crippen LogP contribution in [0.5, 0.6) is 0 Å². The summed E-state index contributed by atoms with van der Waals surface area (Å²) in [5.74, 6) is 0. The number of nitrogens with one attached hydrogen (secondary N) is 1. The van der Waals surface area contributed by atoms with Crippen molar-refractivity contribution in [2.75, 3.05) is 11.1 Å². The van der Waals surface area contributed by atoms with Crippen LogP contribution in [0.4, 0.5) is 17.1 Å². The summed E-state index contributed by atoms with van der Waals surface area (Å²) in [6.45, 7) is 0. The number of benzene rings is 2. The van der Waals surface area contributed by atoms with Crippen molar-refractivity contribution >= 4 is 28.1 Å². The zero-order valence-corrected chi connectivity index (χ0v) is 11.7. The summed E-state index contributed by atoms with van der Waals surface area (Å²) in [4.78, 5) is 4.28. The van der Waals surface area contributed by atoms with E-state index in [1.165, 1.54) is 0 Å². The first-order chi connectivity index (χ1) is 10.2. The Morgan fingerprint density at radius 2 is 2.00 bits per heavy atom. The van der Waals surface area contributed by atoms with Gasteiger partial charge in [-0.1, -0.05) is 12.1 Å². The lowest BCUT2D eigenvalue weighted by molar-refractivity contribution is 0.948.